The van der Waals surface area contributed by atoms with Crippen molar-refractivity contribution < 1.29 is 14.4 Å². The number of nitrogens with zero attached hydrogens (tertiary/aromatic N) is 2. The number of hydrogen-bond donors (Lipinski definition) is 1. The van der Waals surface area contributed by atoms with Gasteiger partial charge >= 0.3 is 0 Å². The van der Waals surface area contributed by atoms with Crippen LogP contribution in [0.25, 0.3) is 0 Å². The molecule has 3 rings (SSSR count). The Labute approximate surface area is 152 Å². The molecule has 1 aromatic carbocycles. The Hall–Kier alpha value is -2.08. The summed E-state index contributed by atoms with van der Waals surface area (Å²) in [6, 6.07) is 6.91. The van der Waals surface area contributed by atoms with Crippen molar-refractivity contribution >= 4 is 29.3 Å². The molecule has 1 atom stereocenters. The summed E-state index contributed by atoms with van der Waals surface area (Å²) >= 11 is 5.97. The molecule has 3 amide bonds. The fourth-order valence-electron chi connectivity index (χ4n) is 3.34. The van der Waals surface area contributed by atoms with Gasteiger partial charge in [-0.05, 0) is 30.5 Å². The van der Waals surface area contributed by atoms with Crippen molar-refractivity contribution in [3.63, 3.8) is 0 Å². The van der Waals surface area contributed by atoms with Crippen LogP contribution < -0.4 is 5.32 Å². The van der Waals surface area contributed by atoms with E-state index in [1.54, 1.807) is 21.9 Å². The largest absolute Gasteiger partial charge is 0.344 e. The van der Waals surface area contributed by atoms with Crippen molar-refractivity contribution in [2.24, 2.45) is 0 Å². The summed E-state index contributed by atoms with van der Waals surface area (Å²) in [5.74, 6) is -0.0489. The highest BCUT2D eigenvalue weighted by atomic mass is 35.5. The topological polar surface area (TPSA) is 69.7 Å². The zero-order valence-electron chi connectivity index (χ0n) is 14.0. The molecular weight excluding hydrogens is 342 g/mol. The third kappa shape index (κ3) is 4.51. The van der Waals surface area contributed by atoms with Gasteiger partial charge in [0.05, 0.1) is 6.42 Å². The molecule has 0 spiro atoms. The Morgan fingerprint density at radius 1 is 1.16 bits per heavy atom. The first-order chi connectivity index (χ1) is 12.0. The second-order valence-electron chi connectivity index (χ2n) is 6.53. The van der Waals surface area contributed by atoms with Crippen LogP contribution in [0.3, 0.4) is 0 Å². The van der Waals surface area contributed by atoms with Gasteiger partial charge in [0.2, 0.25) is 17.7 Å². The van der Waals surface area contributed by atoms with Gasteiger partial charge in [0, 0.05) is 37.6 Å². The van der Waals surface area contributed by atoms with E-state index >= 15 is 0 Å². The predicted molar refractivity (Wildman–Crippen MR) is 94.1 cm³/mol. The summed E-state index contributed by atoms with van der Waals surface area (Å²) in [6.45, 7) is 2.28. The summed E-state index contributed by atoms with van der Waals surface area (Å²) < 4.78 is 0. The lowest BCUT2D eigenvalue weighted by Gasteiger charge is -2.24. The molecular formula is C18H22ClN3O3. The van der Waals surface area contributed by atoms with Gasteiger partial charge in [0.1, 0.15) is 6.04 Å². The normalized spacial score (nSPS) is 21.0. The Morgan fingerprint density at radius 2 is 1.92 bits per heavy atom. The maximum atomic E-state index is 12.5. The lowest BCUT2D eigenvalue weighted by atomic mass is 10.1. The molecule has 1 aromatic rings. The van der Waals surface area contributed by atoms with Crippen molar-refractivity contribution in [3.8, 4) is 0 Å². The second kappa shape index (κ2) is 7.87. The van der Waals surface area contributed by atoms with Crippen LogP contribution in [0, 0.1) is 0 Å². The number of carbonyl (C=O) groups is 3. The summed E-state index contributed by atoms with van der Waals surface area (Å²) in [5, 5.41) is 3.34. The monoisotopic (exact) mass is 363 g/mol. The fraction of sp³-hybridized carbons (Fsp3) is 0.500. The molecule has 0 bridgehead atoms. The molecule has 0 aliphatic carbocycles. The number of halogens is 1. The van der Waals surface area contributed by atoms with Gasteiger partial charge in [-0.15, -0.1) is 0 Å². The molecule has 7 heteroatoms. The summed E-state index contributed by atoms with van der Waals surface area (Å²) in [4.78, 5) is 39.9. The van der Waals surface area contributed by atoms with Crippen LogP contribution in [0.1, 0.15) is 24.8 Å². The molecule has 2 heterocycles. The summed E-state index contributed by atoms with van der Waals surface area (Å²) in [6.07, 6.45) is 2.03. The van der Waals surface area contributed by atoms with E-state index in [-0.39, 0.29) is 17.7 Å². The molecule has 2 fully saturated rings. The van der Waals surface area contributed by atoms with Gasteiger partial charge in [-0.1, -0.05) is 23.7 Å². The van der Waals surface area contributed by atoms with Crippen LogP contribution in [-0.4, -0.2) is 59.7 Å². The van der Waals surface area contributed by atoms with Crippen LogP contribution in [0.5, 0.6) is 0 Å². The SMILES string of the molecule is O=C1CCC(C(=O)N2CCCN(C(=O)Cc3cccc(Cl)c3)CC2)N1. The zero-order chi connectivity index (χ0) is 17.8. The van der Waals surface area contributed by atoms with E-state index in [9.17, 15) is 14.4 Å². The standard InChI is InChI=1S/C18H22ClN3O3/c19-14-4-1-3-13(11-14)12-17(24)21-7-2-8-22(10-9-21)18(25)15-5-6-16(23)20-15/h1,3-4,11,15H,2,5-10,12H2,(H,20,23). The highest BCUT2D eigenvalue weighted by Crippen LogP contribution is 2.15. The highest BCUT2D eigenvalue weighted by molar-refractivity contribution is 6.30. The van der Waals surface area contributed by atoms with Crippen molar-refractivity contribution in [2.45, 2.75) is 31.7 Å². The summed E-state index contributed by atoms with van der Waals surface area (Å²) in [7, 11) is 0. The van der Waals surface area contributed by atoms with Crippen molar-refractivity contribution in [2.75, 3.05) is 26.2 Å². The molecule has 0 aromatic heterocycles. The highest BCUT2D eigenvalue weighted by Gasteiger charge is 2.31. The van der Waals surface area contributed by atoms with E-state index < -0.39 is 6.04 Å². The molecule has 0 saturated carbocycles. The van der Waals surface area contributed by atoms with Crippen LogP contribution in [0.2, 0.25) is 5.02 Å². The van der Waals surface area contributed by atoms with Crippen LogP contribution in [0.4, 0.5) is 0 Å². The fourth-order valence-corrected chi connectivity index (χ4v) is 3.55. The van der Waals surface area contributed by atoms with E-state index in [0.29, 0.717) is 50.5 Å². The number of amides is 3. The molecule has 1 unspecified atom stereocenters. The van der Waals surface area contributed by atoms with Crippen molar-refractivity contribution in [1.82, 2.24) is 15.1 Å². The average Bonchev–Trinajstić information content (AvgIpc) is 2.87. The van der Waals surface area contributed by atoms with E-state index in [1.807, 2.05) is 12.1 Å². The molecule has 25 heavy (non-hydrogen) atoms. The quantitative estimate of drug-likeness (QED) is 0.878. The number of hydrogen-bond acceptors (Lipinski definition) is 3. The van der Waals surface area contributed by atoms with Gasteiger partial charge < -0.3 is 15.1 Å². The van der Waals surface area contributed by atoms with E-state index in [4.69, 9.17) is 11.6 Å². The number of rotatable bonds is 3. The molecule has 2 aliphatic rings. The Morgan fingerprint density at radius 3 is 2.64 bits per heavy atom. The minimum atomic E-state index is -0.402. The zero-order valence-corrected chi connectivity index (χ0v) is 14.8. The summed E-state index contributed by atoms with van der Waals surface area (Å²) in [5.41, 5.74) is 0.892. The van der Waals surface area contributed by atoms with Crippen molar-refractivity contribution in [1.29, 1.82) is 0 Å². The number of benzene rings is 1. The van der Waals surface area contributed by atoms with Crippen molar-refractivity contribution in [3.05, 3.63) is 34.9 Å². The van der Waals surface area contributed by atoms with Crippen LogP contribution in [-0.2, 0) is 20.8 Å². The molecule has 6 nitrogen and oxygen atoms in total. The smallest absolute Gasteiger partial charge is 0.245 e. The van der Waals surface area contributed by atoms with E-state index in [0.717, 1.165) is 12.0 Å². The molecule has 2 saturated heterocycles. The molecule has 0 radical (unpaired) electrons. The van der Waals surface area contributed by atoms with Gasteiger partial charge in [-0.25, -0.2) is 0 Å². The molecule has 134 valence electrons. The lowest BCUT2D eigenvalue weighted by molar-refractivity contribution is -0.135. The number of carbonyl (C=O) groups excluding carboxylic acids is 3. The molecule has 1 N–H and O–H groups in total. The lowest BCUT2D eigenvalue weighted by Crippen LogP contribution is -2.46. The van der Waals surface area contributed by atoms with E-state index in [2.05, 4.69) is 5.32 Å². The minimum absolute atomic E-state index is 0.0324. The molecule has 2 aliphatic heterocycles. The Balaban J connectivity index is 1.55. The maximum Gasteiger partial charge on any atom is 0.245 e. The average molecular weight is 364 g/mol. The number of nitrogens with one attached hydrogen (secondary N) is 1. The van der Waals surface area contributed by atoms with Gasteiger partial charge in [-0.2, -0.15) is 0 Å². The van der Waals surface area contributed by atoms with Crippen LogP contribution >= 0.6 is 11.6 Å². The third-order valence-corrected chi connectivity index (χ3v) is 4.93. The first-order valence-electron chi connectivity index (χ1n) is 8.63. The Kier molecular flexibility index (Phi) is 5.58. The first kappa shape index (κ1) is 17.7. The van der Waals surface area contributed by atoms with Gasteiger partial charge in [0.15, 0.2) is 0 Å². The third-order valence-electron chi connectivity index (χ3n) is 4.70. The van der Waals surface area contributed by atoms with Crippen LogP contribution in [0.15, 0.2) is 24.3 Å². The minimum Gasteiger partial charge on any atom is -0.344 e. The van der Waals surface area contributed by atoms with Gasteiger partial charge in [0.25, 0.3) is 0 Å². The predicted octanol–water partition coefficient (Wildman–Crippen LogP) is 1.22. The first-order valence-corrected chi connectivity index (χ1v) is 9.01. The maximum absolute atomic E-state index is 12.5. The Bertz CT molecular complexity index is 679. The van der Waals surface area contributed by atoms with E-state index in [1.165, 1.54) is 0 Å². The second-order valence-corrected chi connectivity index (χ2v) is 6.96. The van der Waals surface area contributed by atoms with Gasteiger partial charge in [-0.3, -0.25) is 14.4 Å².